The smallest absolute Gasteiger partial charge is 0.134 e. The van der Waals surface area contributed by atoms with Gasteiger partial charge in [0.05, 0.1) is 0 Å². The summed E-state index contributed by atoms with van der Waals surface area (Å²) in [7, 11) is 0. The number of aromatic nitrogens is 2. The van der Waals surface area contributed by atoms with E-state index in [-0.39, 0.29) is 0 Å². The molecule has 0 amide bonds. The average molecular weight is 275 g/mol. The molecule has 2 rings (SSSR count). The van der Waals surface area contributed by atoms with Gasteiger partial charge in [-0.25, -0.2) is 9.97 Å². The predicted octanol–water partition coefficient (Wildman–Crippen LogP) is 4.63. The number of rotatable bonds is 4. The highest BCUT2D eigenvalue weighted by atomic mass is 15.0. The summed E-state index contributed by atoms with van der Waals surface area (Å²) in [6.45, 7) is 12.0. The molecule has 1 N–H and O–H groups in total. The van der Waals surface area contributed by atoms with Crippen LogP contribution in [0.25, 0.3) is 0 Å². The predicted molar refractivity (Wildman–Crippen MR) is 85.4 cm³/mol. The Bertz CT molecular complexity index is 454. The van der Waals surface area contributed by atoms with Gasteiger partial charge in [0.15, 0.2) is 0 Å². The molecule has 112 valence electrons. The highest BCUT2D eigenvalue weighted by Gasteiger charge is 2.24. The molecule has 1 aromatic heterocycles. The fraction of sp³-hybridized carbons (Fsp3) is 0.765. The molecule has 1 aromatic rings. The Balaban J connectivity index is 2.35. The molecule has 1 heterocycles. The molecule has 1 aliphatic rings. The lowest BCUT2D eigenvalue weighted by Gasteiger charge is -2.27. The Labute approximate surface area is 123 Å². The van der Waals surface area contributed by atoms with Crippen molar-refractivity contribution in [3.63, 3.8) is 0 Å². The van der Waals surface area contributed by atoms with E-state index in [0.717, 1.165) is 29.8 Å². The largest absolute Gasteiger partial charge is 0.370 e. The molecule has 0 spiro atoms. The fourth-order valence-electron chi connectivity index (χ4n) is 3.45. The van der Waals surface area contributed by atoms with Gasteiger partial charge in [0.1, 0.15) is 11.6 Å². The molecule has 1 aliphatic carbocycles. The van der Waals surface area contributed by atoms with Crippen LogP contribution >= 0.6 is 0 Å². The van der Waals surface area contributed by atoms with E-state index < -0.39 is 0 Å². The SMILES string of the molecule is CCNc1nc(C2CCCC(C)C2)nc(C)c1C(C)C. The Kier molecular flexibility index (Phi) is 5.00. The van der Waals surface area contributed by atoms with Gasteiger partial charge in [-0.05, 0) is 38.5 Å². The lowest BCUT2D eigenvalue weighted by atomic mass is 9.82. The van der Waals surface area contributed by atoms with Gasteiger partial charge in [-0.1, -0.05) is 33.6 Å². The molecule has 1 fully saturated rings. The van der Waals surface area contributed by atoms with Crippen LogP contribution in [0, 0.1) is 12.8 Å². The molecule has 2 unspecified atom stereocenters. The number of hydrogen-bond donors (Lipinski definition) is 1. The molecule has 0 saturated heterocycles. The van der Waals surface area contributed by atoms with Crippen molar-refractivity contribution >= 4 is 5.82 Å². The van der Waals surface area contributed by atoms with Crippen molar-refractivity contribution in [1.82, 2.24) is 9.97 Å². The second-order valence-corrected chi connectivity index (χ2v) is 6.58. The molecular formula is C17H29N3. The Morgan fingerprint density at radius 2 is 2.00 bits per heavy atom. The van der Waals surface area contributed by atoms with E-state index in [1.54, 1.807) is 0 Å². The van der Waals surface area contributed by atoms with Gasteiger partial charge in [0.2, 0.25) is 0 Å². The highest BCUT2D eigenvalue weighted by molar-refractivity contribution is 5.48. The molecule has 0 aromatic carbocycles. The van der Waals surface area contributed by atoms with E-state index in [0.29, 0.717) is 11.8 Å². The van der Waals surface area contributed by atoms with E-state index in [1.807, 2.05) is 0 Å². The summed E-state index contributed by atoms with van der Waals surface area (Å²) >= 11 is 0. The number of nitrogens with zero attached hydrogens (tertiary/aromatic N) is 2. The van der Waals surface area contributed by atoms with Gasteiger partial charge in [-0.3, -0.25) is 0 Å². The molecule has 20 heavy (non-hydrogen) atoms. The summed E-state index contributed by atoms with van der Waals surface area (Å²) in [5.74, 6) is 3.95. The Hall–Kier alpha value is -1.12. The molecule has 3 nitrogen and oxygen atoms in total. The van der Waals surface area contributed by atoms with Crippen molar-refractivity contribution in [3.05, 3.63) is 17.1 Å². The molecule has 0 aliphatic heterocycles. The van der Waals surface area contributed by atoms with Gasteiger partial charge in [0, 0.05) is 23.7 Å². The van der Waals surface area contributed by atoms with Crippen LogP contribution in [0.15, 0.2) is 0 Å². The van der Waals surface area contributed by atoms with E-state index in [1.165, 1.54) is 31.2 Å². The molecule has 0 bridgehead atoms. The monoisotopic (exact) mass is 275 g/mol. The fourth-order valence-corrected chi connectivity index (χ4v) is 3.45. The van der Waals surface area contributed by atoms with Crippen molar-refractivity contribution < 1.29 is 0 Å². The van der Waals surface area contributed by atoms with Crippen LogP contribution in [-0.2, 0) is 0 Å². The molecule has 0 radical (unpaired) electrons. The topological polar surface area (TPSA) is 37.8 Å². The molecule has 2 atom stereocenters. The third kappa shape index (κ3) is 3.31. The van der Waals surface area contributed by atoms with Gasteiger partial charge in [-0.2, -0.15) is 0 Å². The van der Waals surface area contributed by atoms with E-state index >= 15 is 0 Å². The highest BCUT2D eigenvalue weighted by Crippen LogP contribution is 2.36. The number of anilines is 1. The first kappa shape index (κ1) is 15.3. The Morgan fingerprint density at radius 3 is 2.60 bits per heavy atom. The first-order chi connectivity index (χ1) is 9.52. The minimum atomic E-state index is 0.461. The summed E-state index contributed by atoms with van der Waals surface area (Å²) < 4.78 is 0. The van der Waals surface area contributed by atoms with Crippen LogP contribution in [0.1, 0.15) is 82.3 Å². The maximum Gasteiger partial charge on any atom is 0.134 e. The van der Waals surface area contributed by atoms with Gasteiger partial charge >= 0.3 is 0 Å². The van der Waals surface area contributed by atoms with Gasteiger partial charge < -0.3 is 5.32 Å². The van der Waals surface area contributed by atoms with Crippen LogP contribution in [0.2, 0.25) is 0 Å². The number of aryl methyl sites for hydroxylation is 1. The standard InChI is InChI=1S/C17H29N3/c1-6-18-17-15(11(2)3)13(5)19-16(20-17)14-9-7-8-12(4)10-14/h11-12,14H,6-10H2,1-5H3,(H,18,19,20). The third-order valence-corrected chi connectivity index (χ3v) is 4.38. The zero-order valence-corrected chi connectivity index (χ0v) is 13.7. The maximum absolute atomic E-state index is 4.88. The summed E-state index contributed by atoms with van der Waals surface area (Å²) in [5.41, 5.74) is 2.43. The third-order valence-electron chi connectivity index (χ3n) is 4.38. The summed E-state index contributed by atoms with van der Waals surface area (Å²) in [5, 5.41) is 3.44. The minimum Gasteiger partial charge on any atom is -0.370 e. The van der Waals surface area contributed by atoms with E-state index in [4.69, 9.17) is 9.97 Å². The quantitative estimate of drug-likeness (QED) is 0.870. The van der Waals surface area contributed by atoms with Crippen molar-refractivity contribution in [2.24, 2.45) is 5.92 Å². The van der Waals surface area contributed by atoms with Gasteiger partial charge in [0.25, 0.3) is 0 Å². The van der Waals surface area contributed by atoms with Crippen LogP contribution in [0.3, 0.4) is 0 Å². The van der Waals surface area contributed by atoms with Crippen molar-refractivity contribution in [2.75, 3.05) is 11.9 Å². The minimum absolute atomic E-state index is 0.461. The van der Waals surface area contributed by atoms with Crippen molar-refractivity contribution in [1.29, 1.82) is 0 Å². The lowest BCUT2D eigenvalue weighted by Crippen LogP contribution is -2.17. The molecule has 1 saturated carbocycles. The Morgan fingerprint density at radius 1 is 1.25 bits per heavy atom. The van der Waals surface area contributed by atoms with Crippen LogP contribution in [0.4, 0.5) is 5.82 Å². The van der Waals surface area contributed by atoms with Crippen LogP contribution < -0.4 is 5.32 Å². The second kappa shape index (κ2) is 6.55. The summed E-state index contributed by atoms with van der Waals surface area (Å²) in [6, 6.07) is 0. The van der Waals surface area contributed by atoms with E-state index in [2.05, 4.69) is 39.9 Å². The molecular weight excluding hydrogens is 246 g/mol. The van der Waals surface area contributed by atoms with Gasteiger partial charge in [-0.15, -0.1) is 0 Å². The normalized spacial score (nSPS) is 23.1. The van der Waals surface area contributed by atoms with Crippen molar-refractivity contribution in [2.45, 2.75) is 72.1 Å². The summed E-state index contributed by atoms with van der Waals surface area (Å²) in [6.07, 6.45) is 5.17. The average Bonchev–Trinajstić information content (AvgIpc) is 2.38. The number of hydrogen-bond acceptors (Lipinski definition) is 3. The zero-order valence-electron chi connectivity index (χ0n) is 13.7. The summed E-state index contributed by atoms with van der Waals surface area (Å²) in [4.78, 5) is 9.72. The van der Waals surface area contributed by atoms with Crippen LogP contribution in [0.5, 0.6) is 0 Å². The first-order valence-corrected chi connectivity index (χ1v) is 8.15. The number of nitrogens with one attached hydrogen (secondary N) is 1. The molecule has 3 heteroatoms. The van der Waals surface area contributed by atoms with Crippen LogP contribution in [-0.4, -0.2) is 16.5 Å². The first-order valence-electron chi connectivity index (χ1n) is 8.15. The maximum atomic E-state index is 4.88. The second-order valence-electron chi connectivity index (χ2n) is 6.58. The van der Waals surface area contributed by atoms with Crippen molar-refractivity contribution in [3.8, 4) is 0 Å². The lowest BCUT2D eigenvalue weighted by molar-refractivity contribution is 0.335. The zero-order chi connectivity index (χ0) is 14.7. The van der Waals surface area contributed by atoms with E-state index in [9.17, 15) is 0 Å².